The Bertz CT molecular complexity index is 152. The number of unbranched alkanes of at least 4 members (excludes halogenated alkanes) is 2. The third kappa shape index (κ3) is 3.95. The highest BCUT2D eigenvalue weighted by molar-refractivity contribution is 4.80. The zero-order chi connectivity index (χ0) is 10.4. The molecule has 1 fully saturated rings. The predicted molar refractivity (Wildman–Crippen MR) is 59.2 cm³/mol. The van der Waals surface area contributed by atoms with E-state index in [2.05, 4.69) is 11.8 Å². The summed E-state index contributed by atoms with van der Waals surface area (Å²) in [5, 5.41) is 8.66. The lowest BCUT2D eigenvalue weighted by Gasteiger charge is -2.36. The quantitative estimate of drug-likeness (QED) is 0.650. The van der Waals surface area contributed by atoms with Gasteiger partial charge in [0, 0.05) is 18.7 Å². The Morgan fingerprint density at radius 2 is 2.14 bits per heavy atom. The Kier molecular flexibility index (Phi) is 5.45. The van der Waals surface area contributed by atoms with Crippen molar-refractivity contribution in [2.45, 2.75) is 51.1 Å². The van der Waals surface area contributed by atoms with Crippen LogP contribution in [0, 0.1) is 0 Å². The summed E-state index contributed by atoms with van der Waals surface area (Å²) in [5.41, 5.74) is 5.90. The van der Waals surface area contributed by atoms with Crippen molar-refractivity contribution in [1.29, 1.82) is 0 Å². The van der Waals surface area contributed by atoms with Crippen LogP contribution in [0.2, 0.25) is 0 Å². The molecule has 0 aliphatic carbocycles. The molecule has 0 saturated carbocycles. The molecule has 0 aromatic rings. The first-order valence-electron chi connectivity index (χ1n) is 5.84. The minimum Gasteiger partial charge on any atom is -0.396 e. The third-order valence-electron chi connectivity index (χ3n) is 3.16. The minimum absolute atomic E-state index is 0.334. The lowest BCUT2D eigenvalue weighted by atomic mass is 9.99. The van der Waals surface area contributed by atoms with Gasteiger partial charge in [0.2, 0.25) is 0 Å². The fourth-order valence-corrected chi connectivity index (χ4v) is 2.19. The van der Waals surface area contributed by atoms with E-state index in [1.807, 2.05) is 0 Å². The molecule has 0 aromatic carbocycles. The highest BCUT2D eigenvalue weighted by Gasteiger charge is 2.22. The van der Waals surface area contributed by atoms with Crippen LogP contribution < -0.4 is 5.73 Å². The number of nitrogens with zero attached hydrogens (tertiary/aromatic N) is 1. The van der Waals surface area contributed by atoms with E-state index in [9.17, 15) is 0 Å². The van der Waals surface area contributed by atoms with Crippen molar-refractivity contribution in [2.24, 2.45) is 5.73 Å². The second-order valence-electron chi connectivity index (χ2n) is 4.45. The molecule has 0 aromatic heterocycles. The van der Waals surface area contributed by atoms with E-state index in [-0.39, 0.29) is 0 Å². The predicted octanol–water partition coefficient (Wildman–Crippen LogP) is 0.961. The van der Waals surface area contributed by atoms with Gasteiger partial charge >= 0.3 is 0 Å². The largest absolute Gasteiger partial charge is 0.396 e. The van der Waals surface area contributed by atoms with Gasteiger partial charge < -0.3 is 15.7 Å². The van der Waals surface area contributed by atoms with Gasteiger partial charge in [-0.3, -0.25) is 0 Å². The summed E-state index contributed by atoms with van der Waals surface area (Å²) >= 11 is 0. The van der Waals surface area contributed by atoms with Crippen LogP contribution in [0.5, 0.6) is 0 Å². The molecular weight excluding hydrogens is 176 g/mol. The van der Waals surface area contributed by atoms with Crippen molar-refractivity contribution in [1.82, 2.24) is 4.90 Å². The molecule has 1 heterocycles. The van der Waals surface area contributed by atoms with Crippen LogP contribution in [0.1, 0.15) is 39.0 Å². The van der Waals surface area contributed by atoms with Gasteiger partial charge in [0.15, 0.2) is 0 Å². The molecule has 0 spiro atoms. The maximum Gasteiger partial charge on any atom is 0.0431 e. The number of aliphatic hydroxyl groups excluding tert-OH is 1. The molecule has 1 saturated heterocycles. The van der Waals surface area contributed by atoms with Crippen molar-refractivity contribution < 1.29 is 5.11 Å². The maximum atomic E-state index is 8.66. The highest BCUT2D eigenvalue weighted by atomic mass is 16.2. The van der Waals surface area contributed by atoms with E-state index in [0.717, 1.165) is 32.2 Å². The molecule has 1 aliphatic rings. The Morgan fingerprint density at radius 1 is 1.36 bits per heavy atom. The van der Waals surface area contributed by atoms with E-state index in [4.69, 9.17) is 10.8 Å². The van der Waals surface area contributed by atoms with Gasteiger partial charge in [0.25, 0.3) is 0 Å². The zero-order valence-electron chi connectivity index (χ0n) is 9.28. The van der Waals surface area contributed by atoms with Crippen molar-refractivity contribution in [2.75, 3.05) is 19.7 Å². The monoisotopic (exact) mass is 200 g/mol. The summed E-state index contributed by atoms with van der Waals surface area (Å²) in [7, 11) is 0. The first-order valence-corrected chi connectivity index (χ1v) is 5.84. The van der Waals surface area contributed by atoms with Crippen LogP contribution in [-0.2, 0) is 0 Å². The van der Waals surface area contributed by atoms with Crippen LogP contribution >= 0.6 is 0 Å². The van der Waals surface area contributed by atoms with Gasteiger partial charge in [-0.1, -0.05) is 0 Å². The Balaban J connectivity index is 2.11. The van der Waals surface area contributed by atoms with Crippen molar-refractivity contribution in [3.8, 4) is 0 Å². The second-order valence-corrected chi connectivity index (χ2v) is 4.45. The van der Waals surface area contributed by atoms with E-state index >= 15 is 0 Å². The third-order valence-corrected chi connectivity index (χ3v) is 3.16. The fourth-order valence-electron chi connectivity index (χ4n) is 2.19. The van der Waals surface area contributed by atoms with Gasteiger partial charge in [0.1, 0.15) is 0 Å². The number of rotatable bonds is 5. The van der Waals surface area contributed by atoms with Crippen LogP contribution in [0.25, 0.3) is 0 Å². The molecule has 3 N–H and O–H groups in total. The molecule has 1 rings (SSSR count). The molecule has 0 amide bonds. The van der Waals surface area contributed by atoms with Crippen molar-refractivity contribution in [3.05, 3.63) is 0 Å². The van der Waals surface area contributed by atoms with Crippen molar-refractivity contribution >= 4 is 0 Å². The number of hydrogen-bond donors (Lipinski definition) is 2. The number of nitrogens with two attached hydrogens (primary N) is 1. The average Bonchev–Trinajstić information content (AvgIpc) is 2.15. The van der Waals surface area contributed by atoms with Crippen molar-refractivity contribution in [3.63, 3.8) is 0 Å². The molecule has 1 aliphatic heterocycles. The summed E-state index contributed by atoms with van der Waals surface area (Å²) in [6.45, 7) is 4.93. The zero-order valence-corrected chi connectivity index (χ0v) is 9.28. The molecular formula is C11H24N2O. The standard InChI is InChI=1S/C11H24N2O/c1-10-9-11(12)5-7-13(10)6-3-2-4-8-14/h10-11,14H,2-9,12H2,1H3. The second kappa shape index (κ2) is 6.38. The Morgan fingerprint density at radius 3 is 2.79 bits per heavy atom. The first-order chi connectivity index (χ1) is 6.74. The lowest BCUT2D eigenvalue weighted by molar-refractivity contribution is 0.144. The highest BCUT2D eigenvalue weighted by Crippen LogP contribution is 2.16. The van der Waals surface area contributed by atoms with Crippen LogP contribution in [0.3, 0.4) is 0 Å². The molecule has 3 heteroatoms. The molecule has 2 unspecified atom stereocenters. The summed E-state index contributed by atoms with van der Waals surface area (Å²) in [6.07, 6.45) is 5.58. The van der Waals surface area contributed by atoms with Gasteiger partial charge in [-0.2, -0.15) is 0 Å². The fraction of sp³-hybridized carbons (Fsp3) is 1.00. The van der Waals surface area contributed by atoms with E-state index in [0.29, 0.717) is 18.7 Å². The first kappa shape index (κ1) is 12.0. The molecule has 14 heavy (non-hydrogen) atoms. The summed E-state index contributed by atoms with van der Waals surface area (Å²) in [6, 6.07) is 1.06. The smallest absolute Gasteiger partial charge is 0.0431 e. The number of piperidine rings is 1. The maximum absolute atomic E-state index is 8.66. The topological polar surface area (TPSA) is 49.5 Å². The van der Waals surface area contributed by atoms with Gasteiger partial charge in [-0.15, -0.1) is 0 Å². The summed E-state index contributed by atoms with van der Waals surface area (Å²) in [5.74, 6) is 0. The summed E-state index contributed by atoms with van der Waals surface area (Å²) in [4.78, 5) is 2.53. The van der Waals surface area contributed by atoms with Gasteiger partial charge in [-0.25, -0.2) is 0 Å². The van der Waals surface area contributed by atoms with E-state index in [1.54, 1.807) is 0 Å². The van der Waals surface area contributed by atoms with E-state index < -0.39 is 0 Å². The Hall–Kier alpha value is -0.120. The molecule has 2 atom stereocenters. The molecule has 0 radical (unpaired) electrons. The van der Waals surface area contributed by atoms with Crippen LogP contribution in [0.4, 0.5) is 0 Å². The molecule has 84 valence electrons. The Labute approximate surface area is 87.3 Å². The molecule has 0 bridgehead atoms. The SMILES string of the molecule is CC1CC(N)CCN1CCCCCO. The number of aliphatic hydroxyl groups is 1. The number of likely N-dealkylation sites (tertiary alicyclic amines) is 1. The normalized spacial score (nSPS) is 29.4. The van der Waals surface area contributed by atoms with Gasteiger partial charge in [-0.05, 0) is 52.1 Å². The summed E-state index contributed by atoms with van der Waals surface area (Å²) < 4.78 is 0. The van der Waals surface area contributed by atoms with E-state index in [1.165, 1.54) is 13.0 Å². The van der Waals surface area contributed by atoms with Crippen LogP contribution in [0.15, 0.2) is 0 Å². The van der Waals surface area contributed by atoms with Crippen LogP contribution in [-0.4, -0.2) is 41.8 Å². The average molecular weight is 200 g/mol. The molecule has 3 nitrogen and oxygen atoms in total. The number of hydrogen-bond acceptors (Lipinski definition) is 3. The van der Waals surface area contributed by atoms with Gasteiger partial charge in [0.05, 0.1) is 0 Å². The minimum atomic E-state index is 0.334. The lowest BCUT2D eigenvalue weighted by Crippen LogP contribution is -2.45.